The van der Waals surface area contributed by atoms with Crippen molar-refractivity contribution in [2.45, 2.75) is 38.0 Å². The molecule has 0 bridgehead atoms. The summed E-state index contributed by atoms with van der Waals surface area (Å²) in [6.45, 7) is 4.11. The van der Waals surface area contributed by atoms with Crippen LogP contribution in [-0.2, 0) is 4.79 Å². The molecule has 0 aliphatic carbocycles. The predicted molar refractivity (Wildman–Crippen MR) is 72.3 cm³/mol. The average Bonchev–Trinajstić information content (AvgIpc) is 2.80. The van der Waals surface area contributed by atoms with Gasteiger partial charge in [-0.1, -0.05) is 6.92 Å². The maximum Gasteiger partial charge on any atom is 0.313 e. The van der Waals surface area contributed by atoms with E-state index in [1.165, 1.54) is 11.3 Å². The molecule has 2 heterocycles. The minimum atomic E-state index is -0.762. The lowest BCUT2D eigenvalue weighted by Gasteiger charge is -2.27. The van der Waals surface area contributed by atoms with Gasteiger partial charge in [0.1, 0.15) is 10.9 Å². The zero-order valence-corrected chi connectivity index (χ0v) is 11.7. The molecule has 1 unspecified atom stereocenters. The average molecular weight is 268 g/mol. The van der Waals surface area contributed by atoms with Crippen LogP contribution in [0.1, 0.15) is 48.7 Å². The third-order valence-corrected chi connectivity index (χ3v) is 4.66. The highest BCUT2D eigenvalue weighted by molar-refractivity contribution is 7.09. The van der Waals surface area contributed by atoms with Crippen molar-refractivity contribution in [3.63, 3.8) is 0 Å². The number of piperidine rings is 1. The van der Waals surface area contributed by atoms with Gasteiger partial charge in [0.25, 0.3) is 0 Å². The molecule has 1 saturated heterocycles. The van der Waals surface area contributed by atoms with E-state index in [1.807, 2.05) is 6.92 Å². The molecular weight excluding hydrogens is 248 g/mol. The fraction of sp³-hybridized carbons (Fsp3) is 0.692. The first-order valence-electron chi connectivity index (χ1n) is 6.48. The number of aliphatic carboxylic acids is 1. The van der Waals surface area contributed by atoms with Gasteiger partial charge >= 0.3 is 5.97 Å². The predicted octanol–water partition coefficient (Wildman–Crippen LogP) is 2.53. The maximum absolute atomic E-state index is 11.1. The molecule has 100 valence electrons. The van der Waals surface area contributed by atoms with Gasteiger partial charge in [0, 0.05) is 11.3 Å². The summed E-state index contributed by atoms with van der Waals surface area (Å²) in [7, 11) is 2.14. The number of hydrogen-bond acceptors (Lipinski definition) is 4. The highest BCUT2D eigenvalue weighted by Crippen LogP contribution is 2.31. The van der Waals surface area contributed by atoms with Crippen molar-refractivity contribution < 1.29 is 9.90 Å². The van der Waals surface area contributed by atoms with Gasteiger partial charge in [-0.25, -0.2) is 4.98 Å². The van der Waals surface area contributed by atoms with Gasteiger partial charge in [-0.15, -0.1) is 11.3 Å². The summed E-state index contributed by atoms with van der Waals surface area (Å²) < 4.78 is 0. The summed E-state index contributed by atoms with van der Waals surface area (Å²) in [4.78, 5) is 18.0. The monoisotopic (exact) mass is 268 g/mol. The molecule has 0 aromatic carbocycles. The van der Waals surface area contributed by atoms with E-state index >= 15 is 0 Å². The van der Waals surface area contributed by atoms with Crippen LogP contribution in [0.25, 0.3) is 0 Å². The van der Waals surface area contributed by atoms with Gasteiger partial charge in [-0.3, -0.25) is 4.79 Å². The van der Waals surface area contributed by atoms with Gasteiger partial charge in [-0.05, 0) is 39.4 Å². The van der Waals surface area contributed by atoms with E-state index in [2.05, 4.69) is 22.3 Å². The van der Waals surface area contributed by atoms with Crippen LogP contribution in [0.5, 0.6) is 0 Å². The molecule has 18 heavy (non-hydrogen) atoms. The minimum absolute atomic E-state index is 0.435. The van der Waals surface area contributed by atoms with Crippen molar-refractivity contribution in [2.24, 2.45) is 0 Å². The van der Waals surface area contributed by atoms with Crippen molar-refractivity contribution in [3.05, 3.63) is 16.1 Å². The molecule has 2 rings (SSSR count). The van der Waals surface area contributed by atoms with Crippen molar-refractivity contribution in [3.8, 4) is 0 Å². The smallest absolute Gasteiger partial charge is 0.313 e. The normalized spacial score (nSPS) is 19.9. The van der Waals surface area contributed by atoms with Gasteiger partial charge in [0.05, 0.1) is 5.69 Å². The number of aromatic nitrogens is 1. The van der Waals surface area contributed by atoms with Gasteiger partial charge in [0.15, 0.2) is 0 Å². The zero-order valence-electron chi connectivity index (χ0n) is 10.9. The fourth-order valence-electron chi connectivity index (χ4n) is 2.41. The highest BCUT2D eigenvalue weighted by Gasteiger charge is 2.25. The van der Waals surface area contributed by atoms with Crippen LogP contribution in [0.15, 0.2) is 5.38 Å². The van der Waals surface area contributed by atoms with E-state index in [-0.39, 0.29) is 0 Å². The second-order valence-electron chi connectivity index (χ2n) is 4.99. The van der Waals surface area contributed by atoms with Crippen LogP contribution in [0.4, 0.5) is 0 Å². The second kappa shape index (κ2) is 5.80. The van der Waals surface area contributed by atoms with Crippen LogP contribution in [0, 0.1) is 0 Å². The van der Waals surface area contributed by atoms with E-state index in [0.29, 0.717) is 12.3 Å². The number of thiazole rings is 1. The summed E-state index contributed by atoms with van der Waals surface area (Å²) in [6, 6.07) is 0. The molecule has 5 heteroatoms. The Hall–Kier alpha value is -0.940. The summed E-state index contributed by atoms with van der Waals surface area (Å²) in [5.41, 5.74) is 1.10. The first-order valence-corrected chi connectivity index (χ1v) is 7.36. The first kappa shape index (κ1) is 13.5. The maximum atomic E-state index is 11.1. The SMILES string of the molecule is CCC(C(=O)O)c1nc(C2CCN(C)CC2)cs1. The molecule has 1 N–H and O–H groups in total. The first-order chi connectivity index (χ1) is 8.61. The van der Waals surface area contributed by atoms with E-state index in [9.17, 15) is 4.79 Å². The molecule has 1 aliphatic rings. The largest absolute Gasteiger partial charge is 0.481 e. The van der Waals surface area contributed by atoms with Gasteiger partial charge in [-0.2, -0.15) is 0 Å². The number of carboxylic acid groups (broad SMARTS) is 1. The topological polar surface area (TPSA) is 53.4 Å². The van der Waals surface area contributed by atoms with Gasteiger partial charge in [0.2, 0.25) is 0 Å². The van der Waals surface area contributed by atoms with Crippen LogP contribution < -0.4 is 0 Å². The van der Waals surface area contributed by atoms with Crippen molar-refractivity contribution in [1.29, 1.82) is 0 Å². The van der Waals surface area contributed by atoms with Gasteiger partial charge < -0.3 is 10.0 Å². The zero-order chi connectivity index (χ0) is 13.1. The van der Waals surface area contributed by atoms with Crippen molar-refractivity contribution in [1.82, 2.24) is 9.88 Å². The Labute approximate surface area is 112 Å². The molecule has 0 amide bonds. The summed E-state index contributed by atoms with van der Waals surface area (Å²) >= 11 is 1.50. The van der Waals surface area contributed by atoms with Crippen molar-refractivity contribution in [2.75, 3.05) is 20.1 Å². The number of carboxylic acids is 1. The molecule has 1 aromatic rings. The number of rotatable bonds is 4. The third-order valence-electron chi connectivity index (χ3n) is 3.68. The number of nitrogens with zero attached hydrogens (tertiary/aromatic N) is 2. The lowest BCUT2D eigenvalue weighted by atomic mass is 9.94. The van der Waals surface area contributed by atoms with E-state index in [4.69, 9.17) is 5.11 Å². The Balaban J connectivity index is 2.08. The molecule has 1 aromatic heterocycles. The molecule has 0 spiro atoms. The summed E-state index contributed by atoms with van der Waals surface area (Å²) in [5.74, 6) is -0.686. The fourth-order valence-corrected chi connectivity index (χ4v) is 3.48. The lowest BCUT2D eigenvalue weighted by molar-refractivity contribution is -0.138. The number of hydrogen-bond donors (Lipinski definition) is 1. The van der Waals surface area contributed by atoms with Crippen LogP contribution >= 0.6 is 11.3 Å². The van der Waals surface area contributed by atoms with Crippen LogP contribution in [0.2, 0.25) is 0 Å². The summed E-state index contributed by atoms with van der Waals surface area (Å²) in [6.07, 6.45) is 2.86. The third kappa shape index (κ3) is 2.90. The Morgan fingerprint density at radius 3 is 2.83 bits per heavy atom. The van der Waals surface area contributed by atoms with E-state index in [1.54, 1.807) is 0 Å². The molecule has 4 nitrogen and oxygen atoms in total. The van der Waals surface area contributed by atoms with E-state index < -0.39 is 11.9 Å². The minimum Gasteiger partial charge on any atom is -0.481 e. The number of carbonyl (C=O) groups is 1. The van der Waals surface area contributed by atoms with E-state index in [0.717, 1.165) is 36.6 Å². The molecule has 1 fully saturated rings. The molecule has 1 aliphatic heterocycles. The standard InChI is InChI=1S/C13H20N2O2S/c1-3-10(13(16)17)12-14-11(8-18-12)9-4-6-15(2)7-5-9/h8-10H,3-7H2,1-2H3,(H,16,17). The second-order valence-corrected chi connectivity index (χ2v) is 5.88. The summed E-state index contributed by atoms with van der Waals surface area (Å²) in [5, 5.41) is 12.0. The Kier molecular flexibility index (Phi) is 4.35. The molecule has 0 saturated carbocycles. The Bertz CT molecular complexity index is 411. The molecule has 1 atom stereocenters. The lowest BCUT2D eigenvalue weighted by Crippen LogP contribution is -2.29. The Morgan fingerprint density at radius 2 is 2.28 bits per heavy atom. The molecule has 0 radical (unpaired) electrons. The van der Waals surface area contributed by atoms with Crippen molar-refractivity contribution >= 4 is 17.3 Å². The molecular formula is C13H20N2O2S. The quantitative estimate of drug-likeness (QED) is 0.911. The van der Waals surface area contributed by atoms with Crippen LogP contribution in [-0.4, -0.2) is 41.1 Å². The highest BCUT2D eigenvalue weighted by atomic mass is 32.1. The Morgan fingerprint density at radius 1 is 1.61 bits per heavy atom. The van der Waals surface area contributed by atoms with Crippen LogP contribution in [0.3, 0.4) is 0 Å². The number of likely N-dealkylation sites (tertiary alicyclic amines) is 1.